The SMILES string of the molecule is CCC(C)(CCCCOC)CNC(C)C. The smallest absolute Gasteiger partial charge is 0.0462 e. The molecule has 2 heteroatoms. The summed E-state index contributed by atoms with van der Waals surface area (Å²) in [6, 6.07) is 0.592. The molecule has 0 aliphatic rings. The highest BCUT2D eigenvalue weighted by Crippen LogP contribution is 2.27. The number of hydrogen-bond donors (Lipinski definition) is 1. The minimum absolute atomic E-state index is 0.456. The summed E-state index contributed by atoms with van der Waals surface area (Å²) < 4.78 is 5.07. The van der Waals surface area contributed by atoms with Crippen molar-refractivity contribution in [2.24, 2.45) is 5.41 Å². The molecule has 92 valence electrons. The lowest BCUT2D eigenvalue weighted by molar-refractivity contribution is 0.180. The zero-order valence-electron chi connectivity index (χ0n) is 11.2. The zero-order valence-corrected chi connectivity index (χ0v) is 11.2. The van der Waals surface area contributed by atoms with Gasteiger partial charge in [0.1, 0.15) is 0 Å². The summed E-state index contributed by atoms with van der Waals surface area (Å²) in [5.41, 5.74) is 0.456. The molecule has 0 saturated heterocycles. The van der Waals surface area contributed by atoms with E-state index in [1.807, 2.05) is 0 Å². The molecule has 0 saturated carbocycles. The Morgan fingerprint density at radius 2 is 1.93 bits per heavy atom. The van der Waals surface area contributed by atoms with Crippen LogP contribution in [0.15, 0.2) is 0 Å². The lowest BCUT2D eigenvalue weighted by Crippen LogP contribution is -2.35. The number of rotatable bonds is 9. The highest BCUT2D eigenvalue weighted by atomic mass is 16.5. The molecule has 1 unspecified atom stereocenters. The van der Waals surface area contributed by atoms with Crippen molar-refractivity contribution in [3.05, 3.63) is 0 Å². The van der Waals surface area contributed by atoms with Gasteiger partial charge in [-0.3, -0.25) is 0 Å². The number of unbranched alkanes of at least 4 members (excludes halogenated alkanes) is 1. The van der Waals surface area contributed by atoms with Crippen molar-refractivity contribution in [3.8, 4) is 0 Å². The minimum Gasteiger partial charge on any atom is -0.385 e. The monoisotopic (exact) mass is 215 g/mol. The van der Waals surface area contributed by atoms with Crippen molar-refractivity contribution in [2.45, 2.75) is 59.4 Å². The maximum Gasteiger partial charge on any atom is 0.0462 e. The van der Waals surface area contributed by atoms with Gasteiger partial charge in [0.25, 0.3) is 0 Å². The van der Waals surface area contributed by atoms with E-state index < -0.39 is 0 Å². The molecule has 0 spiro atoms. The Hall–Kier alpha value is -0.0800. The molecule has 0 radical (unpaired) electrons. The van der Waals surface area contributed by atoms with Gasteiger partial charge in [-0.2, -0.15) is 0 Å². The maximum absolute atomic E-state index is 5.07. The first-order chi connectivity index (χ1) is 7.04. The highest BCUT2D eigenvalue weighted by Gasteiger charge is 2.21. The molecule has 0 aromatic rings. The second kappa shape index (κ2) is 8.12. The van der Waals surface area contributed by atoms with Crippen LogP contribution in [-0.4, -0.2) is 26.3 Å². The summed E-state index contributed by atoms with van der Waals surface area (Å²) >= 11 is 0. The molecule has 0 heterocycles. The van der Waals surface area contributed by atoms with Crippen LogP contribution >= 0.6 is 0 Å². The quantitative estimate of drug-likeness (QED) is 0.596. The van der Waals surface area contributed by atoms with Gasteiger partial charge < -0.3 is 10.1 Å². The Morgan fingerprint density at radius 3 is 2.40 bits per heavy atom. The van der Waals surface area contributed by atoms with Gasteiger partial charge in [-0.1, -0.05) is 34.1 Å². The van der Waals surface area contributed by atoms with Crippen LogP contribution in [0, 0.1) is 5.41 Å². The third-order valence-electron chi connectivity index (χ3n) is 3.17. The van der Waals surface area contributed by atoms with Crippen molar-refractivity contribution < 1.29 is 4.74 Å². The lowest BCUT2D eigenvalue weighted by Gasteiger charge is -2.29. The summed E-state index contributed by atoms with van der Waals surface area (Å²) in [4.78, 5) is 0. The van der Waals surface area contributed by atoms with Crippen LogP contribution < -0.4 is 5.32 Å². The topological polar surface area (TPSA) is 21.3 Å². The van der Waals surface area contributed by atoms with E-state index in [-0.39, 0.29) is 0 Å². The summed E-state index contributed by atoms with van der Waals surface area (Å²) in [7, 11) is 1.78. The minimum atomic E-state index is 0.456. The Balaban J connectivity index is 3.75. The third kappa shape index (κ3) is 7.80. The van der Waals surface area contributed by atoms with Crippen molar-refractivity contribution in [1.29, 1.82) is 0 Å². The van der Waals surface area contributed by atoms with Crippen molar-refractivity contribution in [1.82, 2.24) is 5.32 Å². The summed E-state index contributed by atoms with van der Waals surface area (Å²) in [5, 5.41) is 3.55. The molecule has 0 aliphatic carbocycles. The molecule has 0 fully saturated rings. The first-order valence-electron chi connectivity index (χ1n) is 6.26. The average Bonchev–Trinajstić information content (AvgIpc) is 2.22. The predicted octanol–water partition coefficient (Wildman–Crippen LogP) is 3.22. The molecule has 1 atom stereocenters. The molecule has 2 nitrogen and oxygen atoms in total. The van der Waals surface area contributed by atoms with Gasteiger partial charge in [0.15, 0.2) is 0 Å². The molecule has 0 bridgehead atoms. The van der Waals surface area contributed by atoms with E-state index in [2.05, 4.69) is 33.0 Å². The Bertz CT molecular complexity index is 147. The summed E-state index contributed by atoms with van der Waals surface area (Å²) in [6.45, 7) is 11.1. The van der Waals surface area contributed by atoms with Crippen molar-refractivity contribution >= 4 is 0 Å². The largest absolute Gasteiger partial charge is 0.385 e. The fourth-order valence-electron chi connectivity index (χ4n) is 1.64. The average molecular weight is 215 g/mol. The van der Waals surface area contributed by atoms with E-state index in [0.29, 0.717) is 11.5 Å². The molecule has 0 aromatic heterocycles. The van der Waals surface area contributed by atoms with Crippen LogP contribution in [0.1, 0.15) is 53.4 Å². The van der Waals surface area contributed by atoms with E-state index in [9.17, 15) is 0 Å². The number of methoxy groups -OCH3 is 1. The number of nitrogens with one attached hydrogen (secondary N) is 1. The summed E-state index contributed by atoms with van der Waals surface area (Å²) in [5.74, 6) is 0. The first-order valence-corrected chi connectivity index (χ1v) is 6.26. The summed E-state index contributed by atoms with van der Waals surface area (Å²) in [6.07, 6.45) is 5.01. The van der Waals surface area contributed by atoms with Crippen molar-refractivity contribution in [2.75, 3.05) is 20.3 Å². The molecular weight excluding hydrogens is 186 g/mol. The lowest BCUT2D eigenvalue weighted by atomic mass is 9.82. The molecule has 0 aromatic carbocycles. The fraction of sp³-hybridized carbons (Fsp3) is 1.00. The Morgan fingerprint density at radius 1 is 1.27 bits per heavy atom. The van der Waals surface area contributed by atoms with Gasteiger partial charge in [-0.05, 0) is 24.7 Å². The van der Waals surface area contributed by atoms with Gasteiger partial charge in [0.05, 0.1) is 0 Å². The van der Waals surface area contributed by atoms with Gasteiger partial charge in [-0.15, -0.1) is 0 Å². The van der Waals surface area contributed by atoms with Crippen LogP contribution in [0.2, 0.25) is 0 Å². The van der Waals surface area contributed by atoms with Crippen LogP contribution in [0.5, 0.6) is 0 Å². The molecule has 1 N–H and O–H groups in total. The van der Waals surface area contributed by atoms with Crippen LogP contribution in [0.3, 0.4) is 0 Å². The highest BCUT2D eigenvalue weighted by molar-refractivity contribution is 4.76. The van der Waals surface area contributed by atoms with Crippen molar-refractivity contribution in [3.63, 3.8) is 0 Å². The maximum atomic E-state index is 5.07. The number of hydrogen-bond acceptors (Lipinski definition) is 2. The van der Waals surface area contributed by atoms with Gasteiger partial charge >= 0.3 is 0 Å². The molecule has 0 aliphatic heterocycles. The fourth-order valence-corrected chi connectivity index (χ4v) is 1.64. The van der Waals surface area contributed by atoms with E-state index in [0.717, 1.165) is 13.2 Å². The van der Waals surface area contributed by atoms with Crippen LogP contribution in [-0.2, 0) is 4.74 Å². The van der Waals surface area contributed by atoms with E-state index in [1.54, 1.807) is 7.11 Å². The van der Waals surface area contributed by atoms with Gasteiger partial charge in [0.2, 0.25) is 0 Å². The van der Waals surface area contributed by atoms with Crippen LogP contribution in [0.4, 0.5) is 0 Å². The molecule has 15 heavy (non-hydrogen) atoms. The third-order valence-corrected chi connectivity index (χ3v) is 3.17. The van der Waals surface area contributed by atoms with E-state index in [4.69, 9.17) is 4.74 Å². The van der Waals surface area contributed by atoms with E-state index >= 15 is 0 Å². The standard InChI is InChI=1S/C13H29NO/c1-6-13(4,11-14-12(2)3)9-7-8-10-15-5/h12,14H,6-11H2,1-5H3. The second-order valence-electron chi connectivity index (χ2n) is 5.15. The molecular formula is C13H29NO. The second-order valence-corrected chi connectivity index (χ2v) is 5.15. The van der Waals surface area contributed by atoms with Gasteiger partial charge in [-0.25, -0.2) is 0 Å². The Kier molecular flexibility index (Phi) is 8.07. The van der Waals surface area contributed by atoms with Gasteiger partial charge in [0, 0.05) is 26.3 Å². The number of ether oxygens (including phenoxy) is 1. The van der Waals surface area contributed by atoms with E-state index in [1.165, 1.54) is 25.7 Å². The predicted molar refractivity (Wildman–Crippen MR) is 67.3 cm³/mol. The Labute approximate surface area is 95.8 Å². The first kappa shape index (κ1) is 14.9. The zero-order chi connectivity index (χ0) is 11.7. The molecule has 0 amide bonds. The van der Waals surface area contributed by atoms with Crippen LogP contribution in [0.25, 0.3) is 0 Å². The molecule has 0 rings (SSSR count). The normalized spacial score (nSPS) is 15.6.